The molecule has 6 fully saturated rings. The molecule has 2 aromatic heterocycles. The van der Waals surface area contributed by atoms with E-state index in [1.54, 1.807) is 0 Å². The second-order valence-electron chi connectivity index (χ2n) is 27.0. The third-order valence-electron chi connectivity index (χ3n) is 22.4. The second kappa shape index (κ2) is 25.3. The molecule has 8 heterocycles. The van der Waals surface area contributed by atoms with Crippen LogP contribution in [0, 0.1) is 13.8 Å². The van der Waals surface area contributed by atoms with Crippen molar-refractivity contribution >= 4 is 33.9 Å². The van der Waals surface area contributed by atoms with Gasteiger partial charge in [-0.1, -0.05) is 121 Å². The van der Waals surface area contributed by atoms with E-state index in [4.69, 9.17) is 14.7 Å². The lowest BCUT2D eigenvalue weighted by atomic mass is 9.70. The largest absolute Gasteiger partial charge is 0.381 e. The molecule has 2 unspecified atom stereocenters. The first-order valence-corrected chi connectivity index (χ1v) is 33.5. The molecule has 8 aromatic rings. The Kier molecular flexibility index (Phi) is 16.8. The Morgan fingerprint density at radius 3 is 1.21 bits per heavy atom. The number of piperidine rings is 4. The summed E-state index contributed by atoms with van der Waals surface area (Å²) in [6.07, 6.45) is 19.3. The summed E-state index contributed by atoms with van der Waals surface area (Å²) in [5, 5.41) is 0. The predicted molar refractivity (Wildman–Crippen MR) is 349 cm³/mol. The van der Waals surface area contributed by atoms with E-state index < -0.39 is 0 Å². The van der Waals surface area contributed by atoms with Crippen LogP contribution in [0.5, 0.6) is 0 Å². The number of rotatable bonds is 20. The topological polar surface area (TPSA) is 92.0 Å². The molecule has 6 atom stereocenters. The fourth-order valence-electron chi connectivity index (χ4n) is 17.9. The van der Waals surface area contributed by atoms with Gasteiger partial charge in [-0.05, 0) is 212 Å². The number of para-hydroxylation sites is 4. The first-order chi connectivity index (χ1) is 42.7. The normalized spacial score (nSPS) is 23.7. The first kappa shape index (κ1) is 57.8. The smallest absolute Gasteiger partial charge is 0.254 e. The lowest BCUT2D eigenvalue weighted by Gasteiger charge is -2.45. The number of benzene rings is 6. The van der Waals surface area contributed by atoms with Gasteiger partial charge in [0.25, 0.3) is 11.8 Å². The van der Waals surface area contributed by atoms with Crippen LogP contribution in [0.2, 0.25) is 0 Å². The van der Waals surface area contributed by atoms with Gasteiger partial charge in [0.15, 0.2) is 0 Å². The third-order valence-corrected chi connectivity index (χ3v) is 22.4. The molecular weight excluding hydrogens is 1070 g/mol. The number of aromatic nitrogens is 4. The van der Waals surface area contributed by atoms with Crippen molar-refractivity contribution in [3.8, 4) is 0 Å². The zero-order valence-electron chi connectivity index (χ0n) is 51.7. The summed E-state index contributed by atoms with van der Waals surface area (Å²) in [6.45, 7) is 10.9. The van der Waals surface area contributed by atoms with Crippen LogP contribution < -0.4 is 0 Å². The Hall–Kier alpha value is -6.92. The van der Waals surface area contributed by atoms with Gasteiger partial charge < -0.3 is 23.7 Å². The molecule has 6 aliphatic heterocycles. The monoisotopic (exact) mass is 1160 g/mol. The molecule has 0 N–H and O–H groups in total. The SMILES string of the molecule is Cc1nc2ccccc2n1C1C[C@H]2CC[C@@H](C1)N2CCC1(c2ccccc2)CCN(C(=O)c2ccccc2CCCOCCCc2ccccc2C(=O)N2CCC(CCN3[C@@H]4CC[C@H]3CC(n3c(C)nc5ccccc53)C4)(c3ccccc3)CC2)CC1. The number of fused-ring (bicyclic) bond motifs is 6. The van der Waals surface area contributed by atoms with Gasteiger partial charge in [-0.2, -0.15) is 0 Å². The number of ether oxygens (including phenoxy) is 1. The summed E-state index contributed by atoms with van der Waals surface area (Å²) < 4.78 is 11.4. The van der Waals surface area contributed by atoms with Crippen molar-refractivity contribution in [2.75, 3.05) is 52.5 Å². The molecule has 6 aliphatic rings. The summed E-state index contributed by atoms with van der Waals surface area (Å²) in [4.78, 5) is 48.9. The molecule has 0 spiro atoms. The molecule has 0 radical (unpaired) electrons. The summed E-state index contributed by atoms with van der Waals surface area (Å²) in [6, 6.07) is 59.7. The van der Waals surface area contributed by atoms with Crippen molar-refractivity contribution in [1.82, 2.24) is 38.7 Å². The van der Waals surface area contributed by atoms with Crippen LogP contribution in [-0.4, -0.2) is 127 Å². The molecule has 2 amide bonds. The second-order valence-corrected chi connectivity index (χ2v) is 27.0. The van der Waals surface area contributed by atoms with E-state index >= 15 is 0 Å². The molecular formula is C76H90N8O3. The van der Waals surface area contributed by atoms with Crippen molar-refractivity contribution in [3.05, 3.63) is 203 Å². The summed E-state index contributed by atoms with van der Waals surface area (Å²) in [5.74, 6) is 2.60. The molecule has 6 saturated heterocycles. The highest BCUT2D eigenvalue weighted by Gasteiger charge is 2.47. The molecule has 4 bridgehead atoms. The molecule has 11 heteroatoms. The fraction of sp³-hybridized carbons (Fsp3) is 0.474. The molecule has 0 saturated carbocycles. The van der Waals surface area contributed by atoms with Crippen molar-refractivity contribution in [1.29, 1.82) is 0 Å². The van der Waals surface area contributed by atoms with Gasteiger partial charge in [-0.3, -0.25) is 19.4 Å². The van der Waals surface area contributed by atoms with Gasteiger partial charge in [0.05, 0.1) is 22.1 Å². The number of nitrogens with zero attached hydrogens (tertiary/aromatic N) is 8. The highest BCUT2D eigenvalue weighted by atomic mass is 16.5. The minimum atomic E-state index is 0.0433. The average Bonchev–Trinajstić information content (AvgIpc) is 2.35. The minimum absolute atomic E-state index is 0.0433. The third kappa shape index (κ3) is 11.6. The van der Waals surface area contributed by atoms with E-state index in [2.05, 4.69) is 176 Å². The van der Waals surface area contributed by atoms with E-state index in [1.165, 1.54) is 73.5 Å². The molecule has 11 nitrogen and oxygen atoms in total. The highest BCUT2D eigenvalue weighted by molar-refractivity contribution is 5.96. The van der Waals surface area contributed by atoms with Gasteiger partial charge in [0.1, 0.15) is 11.6 Å². The lowest BCUT2D eigenvalue weighted by molar-refractivity contribution is 0.0598. The Morgan fingerprint density at radius 1 is 0.448 bits per heavy atom. The maximum Gasteiger partial charge on any atom is 0.254 e. The molecule has 6 aromatic carbocycles. The molecule has 0 aliphatic carbocycles. The van der Waals surface area contributed by atoms with Crippen LogP contribution in [0.25, 0.3) is 22.1 Å². The number of aryl methyl sites for hydroxylation is 4. The Bertz CT molecular complexity index is 3400. The van der Waals surface area contributed by atoms with Gasteiger partial charge in [0, 0.05) is 86.8 Å². The zero-order valence-corrected chi connectivity index (χ0v) is 51.7. The van der Waals surface area contributed by atoms with E-state index in [1.807, 2.05) is 24.3 Å². The minimum Gasteiger partial charge on any atom is -0.381 e. The van der Waals surface area contributed by atoms with Crippen LogP contribution in [0.3, 0.4) is 0 Å². The highest BCUT2D eigenvalue weighted by Crippen LogP contribution is 2.48. The summed E-state index contributed by atoms with van der Waals surface area (Å²) in [5.41, 5.74) is 11.6. The summed E-state index contributed by atoms with van der Waals surface area (Å²) >= 11 is 0. The Labute approximate surface area is 516 Å². The van der Waals surface area contributed by atoms with Gasteiger partial charge in [-0.15, -0.1) is 0 Å². The number of hydrogen-bond acceptors (Lipinski definition) is 7. The van der Waals surface area contributed by atoms with E-state index in [9.17, 15) is 9.59 Å². The first-order valence-electron chi connectivity index (χ1n) is 33.5. The van der Waals surface area contributed by atoms with Crippen LogP contribution in [0.4, 0.5) is 0 Å². The number of amides is 2. The van der Waals surface area contributed by atoms with Crippen LogP contribution in [-0.2, 0) is 28.4 Å². The quantitative estimate of drug-likeness (QED) is 0.0702. The molecule has 452 valence electrons. The maximum absolute atomic E-state index is 14.5. The van der Waals surface area contributed by atoms with Gasteiger partial charge in [-0.25, -0.2) is 9.97 Å². The maximum atomic E-state index is 14.5. The van der Waals surface area contributed by atoms with Crippen LogP contribution in [0.15, 0.2) is 158 Å². The number of likely N-dealkylation sites (tertiary alicyclic amines) is 2. The number of carbonyl (C=O) groups is 2. The average molecular weight is 1160 g/mol. The molecule has 87 heavy (non-hydrogen) atoms. The van der Waals surface area contributed by atoms with Gasteiger partial charge >= 0.3 is 0 Å². The van der Waals surface area contributed by atoms with Gasteiger partial charge in [0.2, 0.25) is 0 Å². The molecule has 14 rings (SSSR count). The number of carbonyl (C=O) groups excluding carboxylic acids is 2. The van der Waals surface area contributed by atoms with E-state index in [0.29, 0.717) is 49.5 Å². The van der Waals surface area contributed by atoms with Crippen molar-refractivity contribution < 1.29 is 14.3 Å². The van der Waals surface area contributed by atoms with Crippen molar-refractivity contribution in [2.24, 2.45) is 0 Å². The number of hydrogen-bond donors (Lipinski definition) is 0. The van der Waals surface area contributed by atoms with Crippen LogP contribution >= 0.6 is 0 Å². The van der Waals surface area contributed by atoms with Crippen LogP contribution in [0.1, 0.15) is 169 Å². The zero-order chi connectivity index (χ0) is 58.9. The number of imidazole rings is 2. The van der Waals surface area contributed by atoms with Crippen molar-refractivity contribution in [2.45, 2.75) is 177 Å². The Balaban J connectivity index is 0.541. The predicted octanol–water partition coefficient (Wildman–Crippen LogP) is 14.4. The standard InChI is InChI=1S/C76H90N8O3/c1-55-77-69-29-13-15-31-71(69)83(55)65-51-61-33-34-62(52-65)81(61)47-41-75(59-23-5-3-6-24-59)37-43-79(44-38-75)73(85)67-27-11-9-19-57(67)21-17-49-87-50-18-22-58-20-10-12-28-68(58)74(86)80-45-39-76(40-46-80,60-25-7-4-8-26-60)42-48-82-63-35-36-64(82)54-66(53-63)84-56(2)78-70-30-14-16-32-72(70)84/h3-16,19-20,23-32,61-66H,17-18,21-22,33-54H2,1-2H3/t61-,62+,63-,64+,65?,66?. The Morgan fingerprint density at radius 2 is 0.805 bits per heavy atom. The fourth-order valence-corrected chi connectivity index (χ4v) is 17.9. The summed E-state index contributed by atoms with van der Waals surface area (Å²) in [7, 11) is 0. The van der Waals surface area contributed by atoms with E-state index in [0.717, 1.165) is 148 Å². The lowest BCUT2D eigenvalue weighted by Crippen LogP contribution is -2.49. The van der Waals surface area contributed by atoms with E-state index in [-0.39, 0.29) is 22.6 Å². The van der Waals surface area contributed by atoms with Crippen molar-refractivity contribution in [3.63, 3.8) is 0 Å².